The fraction of sp³-hybridized carbons (Fsp3) is 0.833. The highest BCUT2D eigenvalue weighted by Gasteiger charge is 2.34. The first-order valence-electron chi connectivity index (χ1n) is 5.91. The molecule has 1 fully saturated rings. The highest BCUT2D eigenvalue weighted by molar-refractivity contribution is 5.82. The van der Waals surface area contributed by atoms with E-state index in [0.717, 1.165) is 12.8 Å². The average molecular weight is 227 g/mol. The van der Waals surface area contributed by atoms with Crippen molar-refractivity contribution < 1.29 is 14.7 Å². The normalized spacial score (nSPS) is 25.9. The standard InChI is InChI=1S/C12H21NO3/c1-8(2)6-10-4-5-11(12(15)16)13(7-10)9(3)14/h8,10-11H,4-7H2,1-3H3,(H,15,16)/t10-,11-/m0/s1. The van der Waals surface area contributed by atoms with Gasteiger partial charge in [-0.25, -0.2) is 4.79 Å². The van der Waals surface area contributed by atoms with E-state index in [1.165, 1.54) is 11.8 Å². The van der Waals surface area contributed by atoms with Crippen LogP contribution in [0.15, 0.2) is 0 Å². The molecule has 0 aromatic rings. The molecule has 0 aromatic carbocycles. The number of piperidine rings is 1. The second-order valence-electron chi connectivity index (χ2n) is 5.10. The number of carbonyl (C=O) groups excluding carboxylic acids is 1. The third kappa shape index (κ3) is 3.22. The van der Waals surface area contributed by atoms with E-state index in [9.17, 15) is 9.59 Å². The number of amides is 1. The van der Waals surface area contributed by atoms with E-state index in [1.54, 1.807) is 0 Å². The van der Waals surface area contributed by atoms with Crippen LogP contribution in [0.1, 0.15) is 40.0 Å². The van der Waals surface area contributed by atoms with Crippen LogP contribution in [0.4, 0.5) is 0 Å². The monoisotopic (exact) mass is 227 g/mol. The SMILES string of the molecule is CC(=O)N1C[C@H](CC(C)C)CC[C@H]1C(=O)O. The summed E-state index contributed by atoms with van der Waals surface area (Å²) in [4.78, 5) is 23.9. The Morgan fingerprint density at radius 1 is 1.38 bits per heavy atom. The Bertz CT molecular complexity index is 275. The molecule has 1 rings (SSSR count). The molecule has 0 aliphatic carbocycles. The number of carbonyl (C=O) groups is 2. The fourth-order valence-corrected chi connectivity index (χ4v) is 2.51. The molecule has 1 N–H and O–H groups in total. The van der Waals surface area contributed by atoms with Crippen LogP contribution in [0.5, 0.6) is 0 Å². The predicted octanol–water partition coefficient (Wildman–Crippen LogP) is 1.74. The summed E-state index contributed by atoms with van der Waals surface area (Å²) in [5, 5.41) is 9.03. The number of carboxylic acid groups (broad SMARTS) is 1. The van der Waals surface area contributed by atoms with Gasteiger partial charge in [-0.05, 0) is 31.1 Å². The Kier molecular flexibility index (Phi) is 4.33. The Hall–Kier alpha value is -1.06. The lowest BCUT2D eigenvalue weighted by atomic mass is 9.86. The number of hydrogen-bond acceptors (Lipinski definition) is 2. The number of rotatable bonds is 3. The molecule has 4 heteroatoms. The van der Waals surface area contributed by atoms with E-state index < -0.39 is 12.0 Å². The van der Waals surface area contributed by atoms with Gasteiger partial charge in [-0.2, -0.15) is 0 Å². The van der Waals surface area contributed by atoms with Gasteiger partial charge in [0.25, 0.3) is 0 Å². The maximum Gasteiger partial charge on any atom is 0.326 e. The Balaban J connectivity index is 2.65. The van der Waals surface area contributed by atoms with Crippen molar-refractivity contribution in [3.05, 3.63) is 0 Å². The van der Waals surface area contributed by atoms with E-state index in [4.69, 9.17) is 5.11 Å². The van der Waals surface area contributed by atoms with E-state index in [-0.39, 0.29) is 5.91 Å². The van der Waals surface area contributed by atoms with Crippen LogP contribution in [0.2, 0.25) is 0 Å². The molecule has 1 aliphatic rings. The van der Waals surface area contributed by atoms with Gasteiger partial charge in [0.05, 0.1) is 0 Å². The summed E-state index contributed by atoms with van der Waals surface area (Å²) in [6.45, 7) is 6.36. The average Bonchev–Trinajstić information content (AvgIpc) is 2.16. The van der Waals surface area contributed by atoms with Crippen LogP contribution >= 0.6 is 0 Å². The van der Waals surface area contributed by atoms with Gasteiger partial charge in [-0.3, -0.25) is 4.79 Å². The van der Waals surface area contributed by atoms with Crippen LogP contribution < -0.4 is 0 Å². The van der Waals surface area contributed by atoms with Gasteiger partial charge < -0.3 is 10.0 Å². The third-order valence-corrected chi connectivity index (χ3v) is 3.17. The lowest BCUT2D eigenvalue weighted by Gasteiger charge is -2.37. The molecule has 1 amide bonds. The molecule has 0 radical (unpaired) electrons. The molecule has 0 bridgehead atoms. The molecule has 0 aromatic heterocycles. The van der Waals surface area contributed by atoms with E-state index in [0.29, 0.717) is 24.8 Å². The second-order valence-corrected chi connectivity index (χ2v) is 5.10. The zero-order valence-electron chi connectivity index (χ0n) is 10.3. The van der Waals surface area contributed by atoms with Gasteiger partial charge in [0.1, 0.15) is 6.04 Å². The molecule has 0 unspecified atom stereocenters. The third-order valence-electron chi connectivity index (χ3n) is 3.17. The maximum atomic E-state index is 11.4. The molecule has 16 heavy (non-hydrogen) atoms. The van der Waals surface area contributed by atoms with Crippen molar-refractivity contribution >= 4 is 11.9 Å². The van der Waals surface area contributed by atoms with Crippen molar-refractivity contribution in [3.8, 4) is 0 Å². The molecule has 1 aliphatic heterocycles. The van der Waals surface area contributed by atoms with Crippen LogP contribution in [-0.2, 0) is 9.59 Å². The van der Waals surface area contributed by atoms with Crippen molar-refractivity contribution in [2.24, 2.45) is 11.8 Å². The van der Waals surface area contributed by atoms with Crippen molar-refractivity contribution in [1.29, 1.82) is 0 Å². The summed E-state index contributed by atoms with van der Waals surface area (Å²) in [5.41, 5.74) is 0. The molecule has 4 nitrogen and oxygen atoms in total. The molecular formula is C12H21NO3. The van der Waals surface area contributed by atoms with Crippen molar-refractivity contribution in [2.75, 3.05) is 6.54 Å². The van der Waals surface area contributed by atoms with Crippen LogP contribution in [0, 0.1) is 11.8 Å². The quantitative estimate of drug-likeness (QED) is 0.799. The molecule has 1 heterocycles. The zero-order chi connectivity index (χ0) is 12.3. The van der Waals surface area contributed by atoms with E-state index in [1.807, 2.05) is 0 Å². The van der Waals surface area contributed by atoms with Gasteiger partial charge in [-0.1, -0.05) is 13.8 Å². The van der Waals surface area contributed by atoms with Gasteiger partial charge in [-0.15, -0.1) is 0 Å². The highest BCUT2D eigenvalue weighted by atomic mass is 16.4. The van der Waals surface area contributed by atoms with E-state index in [2.05, 4.69) is 13.8 Å². The lowest BCUT2D eigenvalue weighted by Crippen LogP contribution is -2.50. The highest BCUT2D eigenvalue weighted by Crippen LogP contribution is 2.27. The lowest BCUT2D eigenvalue weighted by molar-refractivity contribution is -0.152. The minimum absolute atomic E-state index is 0.124. The number of nitrogens with zero attached hydrogens (tertiary/aromatic N) is 1. The fourth-order valence-electron chi connectivity index (χ4n) is 2.51. The minimum Gasteiger partial charge on any atom is -0.480 e. The first-order chi connectivity index (χ1) is 7.41. The first-order valence-corrected chi connectivity index (χ1v) is 5.91. The zero-order valence-corrected chi connectivity index (χ0v) is 10.3. The van der Waals surface area contributed by atoms with E-state index >= 15 is 0 Å². The second kappa shape index (κ2) is 5.32. The first kappa shape index (κ1) is 13.0. The topological polar surface area (TPSA) is 57.6 Å². The summed E-state index contributed by atoms with van der Waals surface area (Å²) < 4.78 is 0. The van der Waals surface area contributed by atoms with Crippen molar-refractivity contribution in [2.45, 2.75) is 46.1 Å². The number of hydrogen-bond donors (Lipinski definition) is 1. The summed E-state index contributed by atoms with van der Waals surface area (Å²) >= 11 is 0. The largest absolute Gasteiger partial charge is 0.480 e. The number of likely N-dealkylation sites (tertiary alicyclic amines) is 1. The number of carboxylic acids is 1. The van der Waals surface area contributed by atoms with Gasteiger partial charge in [0.2, 0.25) is 5.91 Å². The molecule has 2 atom stereocenters. The van der Waals surface area contributed by atoms with Crippen LogP contribution in [0.3, 0.4) is 0 Å². The molecule has 0 saturated carbocycles. The Morgan fingerprint density at radius 3 is 2.44 bits per heavy atom. The molecule has 1 saturated heterocycles. The predicted molar refractivity (Wildman–Crippen MR) is 61.0 cm³/mol. The van der Waals surface area contributed by atoms with Crippen LogP contribution in [0.25, 0.3) is 0 Å². The van der Waals surface area contributed by atoms with Gasteiger partial charge in [0.15, 0.2) is 0 Å². The number of aliphatic carboxylic acids is 1. The molecular weight excluding hydrogens is 206 g/mol. The summed E-state index contributed by atoms with van der Waals surface area (Å²) in [6, 6.07) is -0.610. The Labute approximate surface area is 96.6 Å². The Morgan fingerprint density at radius 2 is 2.00 bits per heavy atom. The van der Waals surface area contributed by atoms with Crippen LogP contribution in [-0.4, -0.2) is 34.5 Å². The molecule has 0 spiro atoms. The summed E-state index contributed by atoms with van der Waals surface area (Å²) in [5.74, 6) is 0.0544. The summed E-state index contributed by atoms with van der Waals surface area (Å²) in [6.07, 6.45) is 2.57. The maximum absolute atomic E-state index is 11.4. The summed E-state index contributed by atoms with van der Waals surface area (Å²) in [7, 11) is 0. The van der Waals surface area contributed by atoms with Crippen molar-refractivity contribution in [3.63, 3.8) is 0 Å². The van der Waals surface area contributed by atoms with Gasteiger partial charge >= 0.3 is 5.97 Å². The van der Waals surface area contributed by atoms with Gasteiger partial charge in [0, 0.05) is 13.5 Å². The smallest absolute Gasteiger partial charge is 0.326 e. The molecule has 92 valence electrons. The van der Waals surface area contributed by atoms with Crippen molar-refractivity contribution in [1.82, 2.24) is 4.90 Å². The minimum atomic E-state index is -0.877.